The third-order valence-electron chi connectivity index (χ3n) is 5.48. The van der Waals surface area contributed by atoms with E-state index < -0.39 is 0 Å². The van der Waals surface area contributed by atoms with Gasteiger partial charge in [0, 0.05) is 6.54 Å². The second-order valence-corrected chi connectivity index (χ2v) is 9.24. The highest BCUT2D eigenvalue weighted by molar-refractivity contribution is 7.11. The van der Waals surface area contributed by atoms with Gasteiger partial charge in [0.15, 0.2) is 0 Å². The Labute approximate surface area is 173 Å². The largest absolute Gasteiger partial charge is 0.320 e. The van der Waals surface area contributed by atoms with E-state index >= 15 is 0 Å². The summed E-state index contributed by atoms with van der Waals surface area (Å²) in [5, 5.41) is 6.89. The van der Waals surface area contributed by atoms with Crippen molar-refractivity contribution >= 4 is 45.9 Å². The molecule has 28 heavy (non-hydrogen) atoms. The molecule has 6 heteroatoms. The van der Waals surface area contributed by atoms with Crippen LogP contribution in [0.5, 0.6) is 0 Å². The predicted molar refractivity (Wildman–Crippen MR) is 116 cm³/mol. The quantitative estimate of drug-likeness (QED) is 0.612. The van der Waals surface area contributed by atoms with Gasteiger partial charge in [-0.1, -0.05) is 45.2 Å². The van der Waals surface area contributed by atoms with E-state index in [-0.39, 0.29) is 11.8 Å². The SMILES string of the molecule is CCC(C)CCCCN1C(=O)C2=C(c3cccs3)NC(=O)C2=C1c1cccs1. The fourth-order valence-corrected chi connectivity index (χ4v) is 5.26. The Balaban J connectivity index is 1.68. The number of unbranched alkanes of at least 4 members (excludes halogenated alkanes) is 1. The summed E-state index contributed by atoms with van der Waals surface area (Å²) in [6, 6.07) is 7.84. The Morgan fingerprint density at radius 1 is 1.04 bits per heavy atom. The molecule has 0 saturated carbocycles. The molecule has 2 amide bonds. The summed E-state index contributed by atoms with van der Waals surface area (Å²) in [5.74, 6) is 0.489. The van der Waals surface area contributed by atoms with Gasteiger partial charge in [-0.2, -0.15) is 0 Å². The average molecular weight is 413 g/mol. The molecule has 4 heterocycles. The third-order valence-corrected chi connectivity index (χ3v) is 7.24. The molecular weight excluding hydrogens is 388 g/mol. The van der Waals surface area contributed by atoms with Crippen molar-refractivity contribution in [2.75, 3.05) is 6.54 Å². The first-order chi connectivity index (χ1) is 13.6. The number of thiophene rings is 2. The van der Waals surface area contributed by atoms with Crippen molar-refractivity contribution in [1.29, 1.82) is 0 Å². The minimum Gasteiger partial charge on any atom is -0.320 e. The maximum absolute atomic E-state index is 13.4. The number of amides is 2. The standard InChI is InChI=1S/C22H24N2O2S2/c1-3-14(2)8-4-5-11-24-20(16-10-7-13-28-16)18-17(22(24)26)19(23-21(18)25)15-9-6-12-27-15/h6-7,9-10,12-14H,3-5,8,11H2,1-2H3,(H,23,25). The lowest BCUT2D eigenvalue weighted by Crippen LogP contribution is -2.28. The summed E-state index contributed by atoms with van der Waals surface area (Å²) >= 11 is 3.11. The van der Waals surface area contributed by atoms with E-state index in [9.17, 15) is 9.59 Å². The Bertz CT molecular complexity index is 939. The fraction of sp³-hybridized carbons (Fsp3) is 0.364. The van der Waals surface area contributed by atoms with Crippen LogP contribution in [0, 0.1) is 5.92 Å². The molecule has 1 N–H and O–H groups in total. The van der Waals surface area contributed by atoms with Crippen molar-refractivity contribution < 1.29 is 9.59 Å². The molecular formula is C22H24N2O2S2. The van der Waals surface area contributed by atoms with Crippen LogP contribution in [0.2, 0.25) is 0 Å². The van der Waals surface area contributed by atoms with Crippen LogP contribution in [0.1, 0.15) is 49.3 Å². The van der Waals surface area contributed by atoms with Gasteiger partial charge in [0.05, 0.1) is 32.3 Å². The van der Waals surface area contributed by atoms with E-state index in [0.717, 1.165) is 28.3 Å². The number of nitrogens with one attached hydrogen (secondary N) is 1. The molecule has 1 atom stereocenters. The van der Waals surface area contributed by atoms with E-state index in [1.807, 2.05) is 39.9 Å². The fourth-order valence-electron chi connectivity index (χ4n) is 3.74. The lowest BCUT2D eigenvalue weighted by molar-refractivity contribution is -0.123. The van der Waals surface area contributed by atoms with E-state index in [1.54, 1.807) is 11.3 Å². The molecule has 0 radical (unpaired) electrons. The Morgan fingerprint density at radius 2 is 1.75 bits per heavy atom. The Morgan fingerprint density at radius 3 is 2.39 bits per heavy atom. The summed E-state index contributed by atoms with van der Waals surface area (Å²) < 4.78 is 0. The van der Waals surface area contributed by atoms with Crippen LogP contribution < -0.4 is 5.32 Å². The molecule has 146 valence electrons. The summed E-state index contributed by atoms with van der Waals surface area (Å²) in [4.78, 5) is 29.9. The molecule has 0 spiro atoms. The van der Waals surface area contributed by atoms with Crippen molar-refractivity contribution in [2.24, 2.45) is 5.92 Å². The second kappa shape index (κ2) is 8.05. The van der Waals surface area contributed by atoms with E-state index in [1.165, 1.54) is 24.2 Å². The van der Waals surface area contributed by atoms with Crippen LogP contribution in [0.25, 0.3) is 11.4 Å². The summed E-state index contributed by atoms with van der Waals surface area (Å²) in [5.41, 5.74) is 2.52. The number of rotatable bonds is 8. The van der Waals surface area contributed by atoms with Gasteiger partial charge in [-0.05, 0) is 35.2 Å². The number of hydrogen-bond donors (Lipinski definition) is 1. The zero-order valence-corrected chi connectivity index (χ0v) is 17.8. The molecule has 0 bridgehead atoms. The van der Waals surface area contributed by atoms with Crippen LogP contribution in [0.3, 0.4) is 0 Å². The Hall–Kier alpha value is -2.18. The van der Waals surface area contributed by atoms with Crippen LogP contribution in [0.4, 0.5) is 0 Å². The highest BCUT2D eigenvalue weighted by Crippen LogP contribution is 2.44. The molecule has 0 aromatic carbocycles. The molecule has 2 aliphatic heterocycles. The first-order valence-electron chi connectivity index (χ1n) is 9.81. The maximum Gasteiger partial charge on any atom is 0.261 e. The highest BCUT2D eigenvalue weighted by atomic mass is 32.1. The van der Waals surface area contributed by atoms with Crippen LogP contribution >= 0.6 is 22.7 Å². The van der Waals surface area contributed by atoms with Crippen LogP contribution in [-0.4, -0.2) is 23.3 Å². The van der Waals surface area contributed by atoms with Crippen molar-refractivity contribution in [3.63, 3.8) is 0 Å². The predicted octanol–water partition coefficient (Wildman–Crippen LogP) is 5.12. The van der Waals surface area contributed by atoms with Gasteiger partial charge in [-0.3, -0.25) is 9.59 Å². The number of carbonyl (C=O) groups excluding carboxylic acids is 2. The minimum atomic E-state index is -0.169. The molecule has 0 saturated heterocycles. The van der Waals surface area contributed by atoms with Crippen LogP contribution in [-0.2, 0) is 9.59 Å². The zero-order chi connectivity index (χ0) is 19.7. The van der Waals surface area contributed by atoms with Gasteiger partial charge in [0.1, 0.15) is 0 Å². The normalized spacial score (nSPS) is 17.6. The first-order valence-corrected chi connectivity index (χ1v) is 11.6. The second-order valence-electron chi connectivity index (χ2n) is 7.35. The lowest BCUT2D eigenvalue weighted by atomic mass is 10.0. The average Bonchev–Trinajstić information content (AvgIpc) is 3.47. The molecule has 1 unspecified atom stereocenters. The van der Waals surface area contributed by atoms with Gasteiger partial charge in [-0.25, -0.2) is 0 Å². The highest BCUT2D eigenvalue weighted by Gasteiger charge is 2.45. The van der Waals surface area contributed by atoms with Crippen molar-refractivity contribution in [3.05, 3.63) is 55.9 Å². The summed E-state index contributed by atoms with van der Waals surface area (Å²) in [6.07, 6.45) is 4.40. The van der Waals surface area contributed by atoms with Gasteiger partial charge in [0.2, 0.25) is 0 Å². The molecule has 2 aromatic heterocycles. The van der Waals surface area contributed by atoms with Crippen molar-refractivity contribution in [3.8, 4) is 0 Å². The monoisotopic (exact) mass is 412 g/mol. The summed E-state index contributed by atoms with van der Waals surface area (Å²) in [6.45, 7) is 5.14. The van der Waals surface area contributed by atoms with E-state index in [2.05, 4.69) is 19.2 Å². The molecule has 4 rings (SSSR count). The van der Waals surface area contributed by atoms with E-state index in [4.69, 9.17) is 0 Å². The first kappa shape index (κ1) is 19.2. The number of carbonyl (C=O) groups is 2. The molecule has 2 aliphatic rings. The van der Waals surface area contributed by atoms with E-state index in [0.29, 0.717) is 29.3 Å². The minimum absolute atomic E-state index is 0.0521. The lowest BCUT2D eigenvalue weighted by Gasteiger charge is -2.21. The zero-order valence-electron chi connectivity index (χ0n) is 16.2. The number of fused-ring (bicyclic) bond motifs is 1. The molecule has 0 aliphatic carbocycles. The third kappa shape index (κ3) is 3.35. The van der Waals surface area contributed by atoms with Gasteiger partial charge in [-0.15, -0.1) is 22.7 Å². The number of nitrogens with zero attached hydrogens (tertiary/aromatic N) is 1. The Kier molecular flexibility index (Phi) is 5.51. The maximum atomic E-state index is 13.4. The van der Waals surface area contributed by atoms with Gasteiger partial charge >= 0.3 is 0 Å². The van der Waals surface area contributed by atoms with Gasteiger partial charge < -0.3 is 10.2 Å². The molecule has 2 aromatic rings. The van der Waals surface area contributed by atoms with Crippen LogP contribution in [0.15, 0.2) is 46.2 Å². The molecule has 0 fully saturated rings. The van der Waals surface area contributed by atoms with Gasteiger partial charge in [0.25, 0.3) is 11.8 Å². The van der Waals surface area contributed by atoms with Crippen molar-refractivity contribution in [1.82, 2.24) is 10.2 Å². The smallest absolute Gasteiger partial charge is 0.261 e. The topological polar surface area (TPSA) is 49.4 Å². The summed E-state index contributed by atoms with van der Waals surface area (Å²) in [7, 11) is 0. The number of hydrogen-bond acceptors (Lipinski definition) is 4. The molecule has 4 nitrogen and oxygen atoms in total. The van der Waals surface area contributed by atoms with Crippen molar-refractivity contribution in [2.45, 2.75) is 39.5 Å².